The number of aliphatic hydroxyl groups is 1. The summed E-state index contributed by atoms with van der Waals surface area (Å²) in [5.41, 5.74) is 1.58. The van der Waals surface area contributed by atoms with E-state index >= 15 is 0 Å². The van der Waals surface area contributed by atoms with Gasteiger partial charge in [-0.3, -0.25) is 4.79 Å². The van der Waals surface area contributed by atoms with Crippen molar-refractivity contribution in [3.8, 4) is 11.8 Å². The van der Waals surface area contributed by atoms with E-state index in [1.54, 1.807) is 26.0 Å². The van der Waals surface area contributed by atoms with Crippen LogP contribution in [-0.4, -0.2) is 27.8 Å². The molecule has 0 fully saturated rings. The van der Waals surface area contributed by atoms with Crippen molar-refractivity contribution in [3.05, 3.63) is 40.9 Å². The van der Waals surface area contributed by atoms with Crippen molar-refractivity contribution in [2.45, 2.75) is 13.8 Å². The summed E-state index contributed by atoms with van der Waals surface area (Å²) in [4.78, 5) is 16.2. The number of nitrogens with one attached hydrogen (secondary N) is 1. The Hall–Kier alpha value is -2.65. The Morgan fingerprint density at radius 1 is 1.50 bits per heavy atom. The number of aliphatic hydroxyl groups excluding tert-OH is 1. The number of pyridine rings is 1. The molecule has 0 aliphatic carbocycles. The fourth-order valence-corrected chi connectivity index (χ4v) is 1.70. The zero-order valence-corrected chi connectivity index (χ0v) is 11.1. The molecule has 0 aromatic carbocycles. The average molecular weight is 271 g/mol. The van der Waals surface area contributed by atoms with Gasteiger partial charge in [0.15, 0.2) is 0 Å². The molecular formula is C14H13N3O3. The van der Waals surface area contributed by atoms with Crippen LogP contribution in [0.3, 0.4) is 0 Å². The largest absolute Gasteiger partial charge is 0.384 e. The third kappa shape index (κ3) is 3.02. The highest BCUT2D eigenvalue weighted by Gasteiger charge is 2.17. The second kappa shape index (κ2) is 5.99. The highest BCUT2D eigenvalue weighted by molar-refractivity contribution is 6.05. The molecule has 20 heavy (non-hydrogen) atoms. The van der Waals surface area contributed by atoms with Crippen LogP contribution in [0.5, 0.6) is 0 Å². The van der Waals surface area contributed by atoms with Gasteiger partial charge in [-0.1, -0.05) is 17.0 Å². The van der Waals surface area contributed by atoms with E-state index in [0.717, 1.165) is 0 Å². The topological polar surface area (TPSA) is 88.2 Å². The van der Waals surface area contributed by atoms with Gasteiger partial charge in [-0.2, -0.15) is 0 Å². The molecule has 0 spiro atoms. The first-order valence-electron chi connectivity index (χ1n) is 5.92. The molecule has 6 heteroatoms. The number of anilines is 1. The van der Waals surface area contributed by atoms with Crippen LogP contribution in [0.1, 0.15) is 27.4 Å². The first kappa shape index (κ1) is 13.8. The van der Waals surface area contributed by atoms with Crippen LogP contribution >= 0.6 is 0 Å². The minimum Gasteiger partial charge on any atom is -0.384 e. The van der Waals surface area contributed by atoms with Gasteiger partial charge in [0.1, 0.15) is 23.7 Å². The lowest BCUT2D eigenvalue weighted by Gasteiger charge is -2.03. The molecule has 0 bridgehead atoms. The number of carbonyl (C=O) groups is 1. The molecule has 102 valence electrons. The number of aryl methyl sites for hydroxylation is 2. The maximum Gasteiger partial charge on any atom is 0.262 e. The van der Waals surface area contributed by atoms with E-state index in [2.05, 4.69) is 27.3 Å². The molecule has 0 atom stereocenters. The molecule has 2 aromatic rings. The molecular weight excluding hydrogens is 258 g/mol. The van der Waals surface area contributed by atoms with Gasteiger partial charge in [0, 0.05) is 11.8 Å². The Morgan fingerprint density at radius 3 is 2.95 bits per heavy atom. The minimum atomic E-state index is -0.332. The van der Waals surface area contributed by atoms with Gasteiger partial charge in [-0.05, 0) is 26.0 Å². The van der Waals surface area contributed by atoms with Gasteiger partial charge in [0.2, 0.25) is 0 Å². The lowest BCUT2D eigenvalue weighted by atomic mass is 10.2. The van der Waals surface area contributed by atoms with E-state index in [4.69, 9.17) is 9.63 Å². The van der Waals surface area contributed by atoms with Crippen LogP contribution in [0.25, 0.3) is 0 Å². The van der Waals surface area contributed by atoms with Crippen molar-refractivity contribution in [1.82, 2.24) is 10.1 Å². The summed E-state index contributed by atoms with van der Waals surface area (Å²) in [7, 11) is 0. The van der Waals surface area contributed by atoms with Crippen molar-refractivity contribution >= 4 is 11.7 Å². The van der Waals surface area contributed by atoms with E-state index in [9.17, 15) is 4.79 Å². The number of nitrogens with zero attached hydrogens (tertiary/aromatic N) is 2. The summed E-state index contributed by atoms with van der Waals surface area (Å²) in [6, 6.07) is 3.31. The molecule has 0 saturated heterocycles. The Morgan fingerprint density at radius 2 is 2.30 bits per heavy atom. The SMILES string of the molecule is Cc1noc(C)c1C(=O)Nc1cc(C#CCO)ccn1. The summed E-state index contributed by atoms with van der Waals surface area (Å²) in [5.74, 6) is 5.77. The van der Waals surface area contributed by atoms with Gasteiger partial charge < -0.3 is 14.9 Å². The van der Waals surface area contributed by atoms with E-state index in [-0.39, 0.29) is 12.5 Å². The monoisotopic (exact) mass is 271 g/mol. The highest BCUT2D eigenvalue weighted by atomic mass is 16.5. The molecule has 2 rings (SSSR count). The molecule has 0 radical (unpaired) electrons. The summed E-state index contributed by atoms with van der Waals surface area (Å²) in [6.45, 7) is 3.15. The van der Waals surface area contributed by atoms with E-state index in [1.165, 1.54) is 6.20 Å². The third-order valence-corrected chi connectivity index (χ3v) is 2.57. The third-order valence-electron chi connectivity index (χ3n) is 2.57. The predicted molar refractivity (Wildman–Crippen MR) is 72.1 cm³/mol. The first-order valence-corrected chi connectivity index (χ1v) is 5.92. The van der Waals surface area contributed by atoms with Gasteiger partial charge in [0.05, 0.1) is 5.69 Å². The van der Waals surface area contributed by atoms with Crippen LogP contribution in [0.2, 0.25) is 0 Å². The number of hydrogen-bond donors (Lipinski definition) is 2. The maximum absolute atomic E-state index is 12.1. The fourth-order valence-electron chi connectivity index (χ4n) is 1.70. The van der Waals surface area contributed by atoms with Gasteiger partial charge >= 0.3 is 0 Å². The van der Waals surface area contributed by atoms with Crippen molar-refractivity contribution in [1.29, 1.82) is 0 Å². The smallest absolute Gasteiger partial charge is 0.262 e. The molecule has 0 aliphatic heterocycles. The quantitative estimate of drug-likeness (QED) is 0.803. The number of rotatable bonds is 2. The van der Waals surface area contributed by atoms with E-state index in [1.807, 2.05) is 0 Å². The van der Waals surface area contributed by atoms with Crippen molar-refractivity contribution < 1.29 is 14.4 Å². The van der Waals surface area contributed by atoms with Gasteiger partial charge in [0.25, 0.3) is 5.91 Å². The zero-order chi connectivity index (χ0) is 14.5. The Labute approximate surface area is 115 Å². The van der Waals surface area contributed by atoms with Crippen molar-refractivity contribution in [2.75, 3.05) is 11.9 Å². The molecule has 1 amide bonds. The van der Waals surface area contributed by atoms with E-state index < -0.39 is 0 Å². The minimum absolute atomic E-state index is 0.219. The van der Waals surface area contributed by atoms with Crippen molar-refractivity contribution in [3.63, 3.8) is 0 Å². The summed E-state index contributed by atoms with van der Waals surface area (Å²) in [5, 5.41) is 15.0. The number of carbonyl (C=O) groups excluding carboxylic acids is 1. The number of hydrogen-bond acceptors (Lipinski definition) is 5. The Kier molecular flexibility index (Phi) is 4.13. The standard InChI is InChI=1S/C14H13N3O3/c1-9-13(10(2)20-17-9)14(19)16-12-8-11(4-3-7-18)5-6-15-12/h5-6,8,18H,7H2,1-2H3,(H,15,16,19). The fraction of sp³-hybridized carbons (Fsp3) is 0.214. The second-order valence-corrected chi connectivity index (χ2v) is 4.04. The molecule has 2 aromatic heterocycles. The van der Waals surface area contributed by atoms with Crippen LogP contribution in [0.4, 0.5) is 5.82 Å². The summed E-state index contributed by atoms with van der Waals surface area (Å²) in [6.07, 6.45) is 1.53. The normalized spacial score (nSPS) is 9.75. The number of aromatic nitrogens is 2. The second-order valence-electron chi connectivity index (χ2n) is 4.04. The van der Waals surface area contributed by atoms with Crippen LogP contribution in [-0.2, 0) is 0 Å². The van der Waals surface area contributed by atoms with Crippen LogP contribution < -0.4 is 5.32 Å². The van der Waals surface area contributed by atoms with Crippen LogP contribution in [0, 0.1) is 25.7 Å². The lowest BCUT2D eigenvalue weighted by molar-refractivity contribution is 0.102. The molecule has 0 unspecified atom stereocenters. The maximum atomic E-state index is 12.1. The van der Waals surface area contributed by atoms with Gasteiger partial charge in [-0.15, -0.1) is 0 Å². The summed E-state index contributed by atoms with van der Waals surface area (Å²) >= 11 is 0. The molecule has 6 nitrogen and oxygen atoms in total. The first-order chi connectivity index (χ1) is 9.61. The lowest BCUT2D eigenvalue weighted by Crippen LogP contribution is -2.14. The number of amides is 1. The van der Waals surface area contributed by atoms with Crippen molar-refractivity contribution in [2.24, 2.45) is 0 Å². The van der Waals surface area contributed by atoms with Crippen LogP contribution in [0.15, 0.2) is 22.9 Å². The summed E-state index contributed by atoms with van der Waals surface area (Å²) < 4.78 is 4.95. The molecule has 2 heterocycles. The molecule has 0 saturated carbocycles. The Bertz CT molecular complexity index is 676. The molecule has 0 aliphatic rings. The van der Waals surface area contributed by atoms with E-state index in [0.29, 0.717) is 28.4 Å². The molecule has 2 N–H and O–H groups in total. The Balaban J connectivity index is 2.20. The van der Waals surface area contributed by atoms with Gasteiger partial charge in [-0.25, -0.2) is 4.98 Å². The zero-order valence-electron chi connectivity index (χ0n) is 11.1. The predicted octanol–water partition coefficient (Wildman–Crippen LogP) is 1.28. The average Bonchev–Trinajstić information content (AvgIpc) is 2.76. The highest BCUT2D eigenvalue weighted by Crippen LogP contribution is 2.14.